The molecule has 0 radical (unpaired) electrons. The maximum absolute atomic E-state index is 5.49. The van der Waals surface area contributed by atoms with Gasteiger partial charge in [-0.3, -0.25) is 5.32 Å². The molecule has 0 amide bonds. The first-order valence-corrected chi connectivity index (χ1v) is 6.50. The van der Waals surface area contributed by atoms with Crippen LogP contribution < -0.4 is 5.32 Å². The van der Waals surface area contributed by atoms with Crippen molar-refractivity contribution < 1.29 is 4.74 Å². The lowest BCUT2D eigenvalue weighted by atomic mass is 9.90. The van der Waals surface area contributed by atoms with Crippen LogP contribution >= 0.6 is 11.8 Å². The average molecular weight is 215 g/mol. The molecule has 82 valence electrons. The van der Waals surface area contributed by atoms with Gasteiger partial charge in [-0.2, -0.15) is 0 Å². The molecule has 2 fully saturated rings. The zero-order valence-corrected chi connectivity index (χ0v) is 10.2. The molecule has 0 aromatic rings. The van der Waals surface area contributed by atoms with Crippen molar-refractivity contribution in [1.82, 2.24) is 5.32 Å². The highest BCUT2D eigenvalue weighted by Crippen LogP contribution is 2.45. The smallest absolute Gasteiger partial charge is 0.0675 e. The minimum atomic E-state index is 0.306. The van der Waals surface area contributed by atoms with E-state index in [1.54, 1.807) is 0 Å². The third kappa shape index (κ3) is 2.10. The summed E-state index contributed by atoms with van der Waals surface area (Å²) in [7, 11) is 1.84. The van der Waals surface area contributed by atoms with Crippen molar-refractivity contribution in [2.24, 2.45) is 0 Å². The molecule has 1 spiro atoms. The first-order valence-electron chi connectivity index (χ1n) is 5.51. The maximum Gasteiger partial charge on any atom is 0.0675 e. The fourth-order valence-electron chi connectivity index (χ4n) is 2.64. The standard InChI is InChI=1S/C11H21NOS/c1-10(2)8-14-11(12-10)6-4-5-9(7-11)13-3/h9,12H,4-8H2,1-3H3. The fourth-order valence-corrected chi connectivity index (χ4v) is 4.29. The highest BCUT2D eigenvalue weighted by atomic mass is 32.2. The van der Waals surface area contributed by atoms with Gasteiger partial charge in [-0.1, -0.05) is 0 Å². The molecule has 1 saturated carbocycles. The second-order valence-electron chi connectivity index (χ2n) is 5.25. The molecule has 1 aliphatic heterocycles. The summed E-state index contributed by atoms with van der Waals surface area (Å²) in [4.78, 5) is 0.322. The number of nitrogens with one attached hydrogen (secondary N) is 1. The van der Waals surface area contributed by atoms with Crippen molar-refractivity contribution in [1.29, 1.82) is 0 Å². The van der Waals surface area contributed by atoms with E-state index in [4.69, 9.17) is 4.74 Å². The second-order valence-corrected chi connectivity index (χ2v) is 6.60. The molecule has 1 aliphatic carbocycles. The maximum atomic E-state index is 5.49. The molecular weight excluding hydrogens is 194 g/mol. The Morgan fingerprint density at radius 1 is 1.43 bits per heavy atom. The number of thioether (sulfide) groups is 1. The Kier molecular flexibility index (Phi) is 2.84. The van der Waals surface area contributed by atoms with Crippen LogP contribution in [-0.2, 0) is 4.74 Å². The summed E-state index contributed by atoms with van der Waals surface area (Å²) in [5.74, 6) is 1.23. The monoisotopic (exact) mass is 215 g/mol. The highest BCUT2D eigenvalue weighted by molar-refractivity contribution is 8.01. The molecule has 2 unspecified atom stereocenters. The first-order chi connectivity index (χ1) is 6.55. The Morgan fingerprint density at radius 2 is 2.21 bits per heavy atom. The van der Waals surface area contributed by atoms with Crippen molar-refractivity contribution in [3.8, 4) is 0 Å². The zero-order valence-electron chi connectivity index (χ0n) is 9.43. The van der Waals surface area contributed by atoms with Crippen LogP contribution in [0.5, 0.6) is 0 Å². The number of hydrogen-bond donors (Lipinski definition) is 1. The van der Waals surface area contributed by atoms with E-state index in [9.17, 15) is 0 Å². The lowest BCUT2D eigenvalue weighted by Crippen LogP contribution is -2.50. The SMILES string of the molecule is COC1CCCC2(C1)NC(C)(C)CS2. The van der Waals surface area contributed by atoms with Crippen molar-refractivity contribution >= 4 is 11.8 Å². The van der Waals surface area contributed by atoms with E-state index in [1.807, 2.05) is 7.11 Å². The summed E-state index contributed by atoms with van der Waals surface area (Å²) in [5.41, 5.74) is 0.306. The van der Waals surface area contributed by atoms with Gasteiger partial charge in [-0.25, -0.2) is 0 Å². The molecule has 2 aliphatic rings. The van der Waals surface area contributed by atoms with E-state index < -0.39 is 0 Å². The summed E-state index contributed by atoms with van der Waals surface area (Å²) in [6.45, 7) is 4.59. The summed E-state index contributed by atoms with van der Waals surface area (Å²) < 4.78 is 5.49. The molecule has 3 heteroatoms. The molecule has 0 aromatic heterocycles. The van der Waals surface area contributed by atoms with Crippen LogP contribution in [0.4, 0.5) is 0 Å². The molecule has 2 nitrogen and oxygen atoms in total. The van der Waals surface area contributed by atoms with Gasteiger partial charge in [0.2, 0.25) is 0 Å². The molecule has 1 heterocycles. The molecule has 0 bridgehead atoms. The van der Waals surface area contributed by atoms with Gasteiger partial charge < -0.3 is 4.74 Å². The van der Waals surface area contributed by atoms with Gasteiger partial charge in [0, 0.05) is 24.8 Å². The quantitative estimate of drug-likeness (QED) is 0.725. The van der Waals surface area contributed by atoms with Gasteiger partial charge in [-0.05, 0) is 33.1 Å². The van der Waals surface area contributed by atoms with Gasteiger partial charge in [0.05, 0.1) is 11.0 Å². The number of ether oxygens (including phenoxy) is 1. The Bertz CT molecular complexity index is 219. The number of rotatable bonds is 1. The largest absolute Gasteiger partial charge is 0.381 e. The molecule has 14 heavy (non-hydrogen) atoms. The van der Waals surface area contributed by atoms with Gasteiger partial charge in [-0.15, -0.1) is 11.8 Å². The zero-order chi connectivity index (χ0) is 10.2. The first kappa shape index (κ1) is 10.8. The minimum Gasteiger partial charge on any atom is -0.381 e. The molecule has 1 N–H and O–H groups in total. The van der Waals surface area contributed by atoms with Crippen molar-refractivity contribution in [2.45, 2.75) is 56.0 Å². The van der Waals surface area contributed by atoms with Crippen LogP contribution in [-0.4, -0.2) is 29.4 Å². The Labute approximate surface area is 91.2 Å². The third-order valence-electron chi connectivity index (χ3n) is 3.27. The molecule has 2 atom stereocenters. The van der Waals surface area contributed by atoms with Gasteiger partial charge in [0.1, 0.15) is 0 Å². The summed E-state index contributed by atoms with van der Waals surface area (Å²) in [6.07, 6.45) is 5.49. The van der Waals surface area contributed by atoms with Crippen LogP contribution in [0.1, 0.15) is 39.5 Å². The lowest BCUT2D eigenvalue weighted by Gasteiger charge is -2.38. The Hall–Kier alpha value is 0.270. The van der Waals surface area contributed by atoms with Gasteiger partial charge >= 0.3 is 0 Å². The molecule has 1 saturated heterocycles. The van der Waals surface area contributed by atoms with Crippen LogP contribution in [0, 0.1) is 0 Å². The number of hydrogen-bond acceptors (Lipinski definition) is 3. The van der Waals surface area contributed by atoms with E-state index in [-0.39, 0.29) is 0 Å². The third-order valence-corrected chi connectivity index (χ3v) is 5.16. The predicted octanol–water partition coefficient (Wildman–Crippen LogP) is 2.39. The van der Waals surface area contributed by atoms with Crippen LogP contribution in [0.25, 0.3) is 0 Å². The summed E-state index contributed by atoms with van der Waals surface area (Å²) >= 11 is 2.10. The second kappa shape index (κ2) is 3.69. The van der Waals surface area contributed by atoms with E-state index in [0.717, 1.165) is 0 Å². The normalized spacial score (nSPS) is 41.8. The van der Waals surface area contributed by atoms with Crippen LogP contribution in [0.15, 0.2) is 0 Å². The predicted molar refractivity (Wildman–Crippen MR) is 61.7 cm³/mol. The van der Waals surface area contributed by atoms with E-state index >= 15 is 0 Å². The minimum absolute atomic E-state index is 0.306. The Balaban J connectivity index is 2.02. The number of methoxy groups -OCH3 is 1. The van der Waals surface area contributed by atoms with Crippen molar-refractivity contribution in [3.05, 3.63) is 0 Å². The topological polar surface area (TPSA) is 21.3 Å². The summed E-state index contributed by atoms with van der Waals surface area (Å²) in [6, 6.07) is 0. The Morgan fingerprint density at radius 3 is 2.79 bits per heavy atom. The summed E-state index contributed by atoms with van der Waals surface area (Å²) in [5, 5.41) is 3.79. The van der Waals surface area contributed by atoms with E-state index in [2.05, 4.69) is 30.9 Å². The lowest BCUT2D eigenvalue weighted by molar-refractivity contribution is 0.0502. The van der Waals surface area contributed by atoms with Gasteiger partial charge in [0.25, 0.3) is 0 Å². The molecule has 2 rings (SSSR count). The van der Waals surface area contributed by atoms with Crippen LogP contribution in [0.3, 0.4) is 0 Å². The van der Waals surface area contributed by atoms with E-state index in [1.165, 1.54) is 31.4 Å². The van der Waals surface area contributed by atoms with Crippen molar-refractivity contribution in [3.63, 3.8) is 0 Å². The highest BCUT2D eigenvalue weighted by Gasteiger charge is 2.45. The molecular formula is C11H21NOS. The van der Waals surface area contributed by atoms with Crippen molar-refractivity contribution in [2.75, 3.05) is 12.9 Å². The van der Waals surface area contributed by atoms with Crippen LogP contribution in [0.2, 0.25) is 0 Å². The average Bonchev–Trinajstić information content (AvgIpc) is 2.42. The fraction of sp³-hybridized carbons (Fsp3) is 1.00. The van der Waals surface area contributed by atoms with E-state index in [0.29, 0.717) is 16.5 Å². The van der Waals surface area contributed by atoms with Gasteiger partial charge in [0.15, 0.2) is 0 Å². The molecule has 0 aromatic carbocycles.